The highest BCUT2D eigenvalue weighted by Gasteiger charge is 2.37. The Kier molecular flexibility index (Phi) is 4.80. The van der Waals surface area contributed by atoms with E-state index >= 15 is 0 Å². The van der Waals surface area contributed by atoms with E-state index in [4.69, 9.17) is 0 Å². The molecule has 2 aliphatic rings. The maximum Gasteiger partial charge on any atom is 0.245 e. The van der Waals surface area contributed by atoms with Crippen LogP contribution < -0.4 is 0 Å². The summed E-state index contributed by atoms with van der Waals surface area (Å²) in [6.45, 7) is 3.11. The van der Waals surface area contributed by atoms with Gasteiger partial charge in [-0.25, -0.2) is 0 Å². The van der Waals surface area contributed by atoms with E-state index in [0.717, 1.165) is 45.3 Å². The molecule has 19 heavy (non-hydrogen) atoms. The van der Waals surface area contributed by atoms with Gasteiger partial charge < -0.3 is 14.7 Å². The summed E-state index contributed by atoms with van der Waals surface area (Å²) < 4.78 is 0. The number of rotatable bonds is 4. The molecule has 5 heteroatoms. The maximum atomic E-state index is 12.5. The molecule has 1 unspecified atom stereocenters. The third-order valence-corrected chi connectivity index (χ3v) is 4.05. The van der Waals surface area contributed by atoms with Gasteiger partial charge >= 0.3 is 0 Å². The van der Waals surface area contributed by atoms with Crippen molar-refractivity contribution in [3.8, 4) is 0 Å². The molecule has 0 saturated carbocycles. The molecule has 0 aromatic rings. The highest BCUT2D eigenvalue weighted by molar-refractivity contribution is 5.90. The van der Waals surface area contributed by atoms with E-state index in [1.54, 1.807) is 0 Å². The van der Waals surface area contributed by atoms with E-state index in [2.05, 4.69) is 4.90 Å². The Balaban J connectivity index is 1.97. The Morgan fingerprint density at radius 3 is 2.74 bits per heavy atom. The highest BCUT2D eigenvalue weighted by atomic mass is 16.2. The van der Waals surface area contributed by atoms with E-state index in [0.29, 0.717) is 13.0 Å². The smallest absolute Gasteiger partial charge is 0.245 e. The molecule has 0 spiro atoms. The Hall–Kier alpha value is -1.10. The minimum Gasteiger partial charge on any atom is -0.340 e. The molecule has 2 aliphatic heterocycles. The number of nitrogens with zero attached hydrogens (tertiary/aromatic N) is 3. The van der Waals surface area contributed by atoms with Crippen LogP contribution in [0.5, 0.6) is 0 Å². The molecule has 2 saturated heterocycles. The lowest BCUT2D eigenvalue weighted by atomic mass is 10.0. The SMILES string of the molecule is CN(C)CCCN1CCC(=O)N2CCCCC2C1=O. The molecule has 2 fully saturated rings. The Bertz CT molecular complexity index is 344. The fourth-order valence-electron chi connectivity index (χ4n) is 2.98. The zero-order valence-corrected chi connectivity index (χ0v) is 12.1. The van der Waals surface area contributed by atoms with E-state index in [-0.39, 0.29) is 17.9 Å². The maximum absolute atomic E-state index is 12.5. The Morgan fingerprint density at radius 1 is 1.21 bits per heavy atom. The van der Waals surface area contributed by atoms with Gasteiger partial charge in [0.05, 0.1) is 0 Å². The van der Waals surface area contributed by atoms with Crippen molar-refractivity contribution in [1.29, 1.82) is 0 Å². The first kappa shape index (κ1) is 14.3. The molecule has 2 rings (SSSR count). The van der Waals surface area contributed by atoms with Crippen LogP contribution in [0.25, 0.3) is 0 Å². The van der Waals surface area contributed by atoms with Gasteiger partial charge in [0.1, 0.15) is 6.04 Å². The molecule has 0 aliphatic carbocycles. The van der Waals surface area contributed by atoms with Gasteiger partial charge in [0.2, 0.25) is 11.8 Å². The number of hydrogen-bond donors (Lipinski definition) is 0. The van der Waals surface area contributed by atoms with Crippen molar-refractivity contribution in [3.05, 3.63) is 0 Å². The molecule has 0 aromatic carbocycles. The second kappa shape index (κ2) is 6.37. The number of piperidine rings is 1. The summed E-state index contributed by atoms with van der Waals surface area (Å²) in [5.74, 6) is 0.331. The summed E-state index contributed by atoms with van der Waals surface area (Å²) in [5, 5.41) is 0. The topological polar surface area (TPSA) is 43.9 Å². The first-order chi connectivity index (χ1) is 9.09. The highest BCUT2D eigenvalue weighted by Crippen LogP contribution is 2.22. The van der Waals surface area contributed by atoms with Gasteiger partial charge in [-0.3, -0.25) is 9.59 Å². The average molecular weight is 267 g/mol. The minimum absolute atomic E-state index is 0.160. The molecule has 0 bridgehead atoms. The molecule has 0 aromatic heterocycles. The van der Waals surface area contributed by atoms with Crippen molar-refractivity contribution in [3.63, 3.8) is 0 Å². The Labute approximate surface area is 115 Å². The predicted octanol–water partition coefficient (Wildman–Crippen LogP) is 0.551. The van der Waals surface area contributed by atoms with Crippen molar-refractivity contribution in [2.75, 3.05) is 40.3 Å². The molecule has 0 radical (unpaired) electrons. The van der Waals surface area contributed by atoms with Gasteiger partial charge in [-0.15, -0.1) is 0 Å². The van der Waals surface area contributed by atoms with Gasteiger partial charge in [0, 0.05) is 26.1 Å². The zero-order chi connectivity index (χ0) is 13.8. The van der Waals surface area contributed by atoms with Gasteiger partial charge in [-0.2, -0.15) is 0 Å². The predicted molar refractivity (Wildman–Crippen MR) is 73.7 cm³/mol. The van der Waals surface area contributed by atoms with Crippen LogP contribution in [0.1, 0.15) is 32.1 Å². The molecule has 1 atom stereocenters. The van der Waals surface area contributed by atoms with E-state index in [1.807, 2.05) is 23.9 Å². The lowest BCUT2D eigenvalue weighted by Crippen LogP contribution is -2.50. The normalized spacial score (nSPS) is 24.7. The summed E-state index contributed by atoms with van der Waals surface area (Å²) in [5.41, 5.74) is 0. The molecular weight excluding hydrogens is 242 g/mol. The van der Waals surface area contributed by atoms with Gasteiger partial charge in [-0.05, 0) is 46.3 Å². The monoisotopic (exact) mass is 267 g/mol. The Morgan fingerprint density at radius 2 is 2.00 bits per heavy atom. The number of fused-ring (bicyclic) bond motifs is 1. The van der Waals surface area contributed by atoms with Crippen molar-refractivity contribution >= 4 is 11.8 Å². The number of hydrogen-bond acceptors (Lipinski definition) is 3. The van der Waals surface area contributed by atoms with Crippen LogP contribution in [0.3, 0.4) is 0 Å². The van der Waals surface area contributed by atoms with Crippen LogP contribution >= 0.6 is 0 Å². The number of carbonyl (C=O) groups is 2. The molecule has 2 heterocycles. The van der Waals surface area contributed by atoms with Crippen LogP contribution in [0.4, 0.5) is 0 Å². The van der Waals surface area contributed by atoms with Crippen molar-refractivity contribution in [2.24, 2.45) is 0 Å². The molecule has 0 N–H and O–H groups in total. The lowest BCUT2D eigenvalue weighted by Gasteiger charge is -2.34. The third-order valence-electron chi connectivity index (χ3n) is 4.05. The fraction of sp³-hybridized carbons (Fsp3) is 0.857. The summed E-state index contributed by atoms with van der Waals surface area (Å²) in [7, 11) is 4.08. The first-order valence-electron chi connectivity index (χ1n) is 7.32. The largest absolute Gasteiger partial charge is 0.340 e. The standard InChI is InChI=1S/C14H25N3O2/c1-15(2)8-5-9-16-11-7-13(18)17-10-4-3-6-12(17)14(16)19/h12H,3-11H2,1-2H3. The minimum atomic E-state index is -0.178. The van der Waals surface area contributed by atoms with Gasteiger partial charge in [0.15, 0.2) is 0 Å². The zero-order valence-electron chi connectivity index (χ0n) is 12.1. The van der Waals surface area contributed by atoms with E-state index in [1.165, 1.54) is 0 Å². The number of amides is 2. The first-order valence-corrected chi connectivity index (χ1v) is 7.32. The van der Waals surface area contributed by atoms with Crippen LogP contribution in [0.15, 0.2) is 0 Å². The summed E-state index contributed by atoms with van der Waals surface area (Å²) >= 11 is 0. The fourth-order valence-corrected chi connectivity index (χ4v) is 2.98. The summed E-state index contributed by atoms with van der Waals surface area (Å²) in [4.78, 5) is 30.4. The third kappa shape index (κ3) is 3.47. The van der Waals surface area contributed by atoms with E-state index in [9.17, 15) is 9.59 Å². The molecular formula is C14H25N3O2. The van der Waals surface area contributed by atoms with Crippen LogP contribution in [0.2, 0.25) is 0 Å². The van der Waals surface area contributed by atoms with Crippen LogP contribution in [-0.4, -0.2) is 72.8 Å². The second-order valence-corrected chi connectivity index (χ2v) is 5.83. The molecule has 108 valence electrons. The number of carbonyl (C=O) groups excluding carboxylic acids is 2. The molecule has 2 amide bonds. The van der Waals surface area contributed by atoms with E-state index < -0.39 is 0 Å². The van der Waals surface area contributed by atoms with Crippen LogP contribution in [-0.2, 0) is 9.59 Å². The van der Waals surface area contributed by atoms with Crippen molar-refractivity contribution < 1.29 is 9.59 Å². The van der Waals surface area contributed by atoms with Crippen molar-refractivity contribution in [2.45, 2.75) is 38.1 Å². The van der Waals surface area contributed by atoms with Gasteiger partial charge in [0.25, 0.3) is 0 Å². The average Bonchev–Trinajstić information content (AvgIpc) is 2.51. The van der Waals surface area contributed by atoms with Crippen molar-refractivity contribution in [1.82, 2.24) is 14.7 Å². The van der Waals surface area contributed by atoms with Gasteiger partial charge in [-0.1, -0.05) is 0 Å². The lowest BCUT2D eigenvalue weighted by molar-refractivity contribution is -0.143. The molecule has 5 nitrogen and oxygen atoms in total. The summed E-state index contributed by atoms with van der Waals surface area (Å²) in [6.07, 6.45) is 4.40. The summed E-state index contributed by atoms with van der Waals surface area (Å²) in [6, 6.07) is -0.178. The second-order valence-electron chi connectivity index (χ2n) is 5.83. The quantitative estimate of drug-likeness (QED) is 0.747. The van der Waals surface area contributed by atoms with Crippen LogP contribution in [0, 0.1) is 0 Å².